The highest BCUT2D eigenvalue weighted by Crippen LogP contribution is 2.20. The molecule has 1 aliphatic rings. The molecule has 1 aromatic carbocycles. The Morgan fingerprint density at radius 2 is 1.96 bits per heavy atom. The minimum atomic E-state index is -0.0928. The second-order valence-corrected chi connectivity index (χ2v) is 7.00. The Balaban J connectivity index is 1.44. The summed E-state index contributed by atoms with van der Waals surface area (Å²) in [6.45, 7) is 0.912. The van der Waals surface area contributed by atoms with Gasteiger partial charge in [-0.15, -0.1) is 0 Å². The van der Waals surface area contributed by atoms with Crippen molar-refractivity contribution in [2.75, 3.05) is 17.2 Å². The molecule has 0 radical (unpaired) electrons. The lowest BCUT2D eigenvalue weighted by molar-refractivity contribution is -0.115. The van der Waals surface area contributed by atoms with Gasteiger partial charge in [0.1, 0.15) is 5.82 Å². The number of anilines is 2. The number of carbonyl (C=O) groups is 1. The number of carbonyl (C=O) groups excluding carboxylic acids is 1. The van der Waals surface area contributed by atoms with Crippen LogP contribution < -0.4 is 10.6 Å². The Bertz CT molecular complexity index is 754. The van der Waals surface area contributed by atoms with Gasteiger partial charge in [0.2, 0.25) is 5.91 Å². The van der Waals surface area contributed by atoms with E-state index in [4.69, 9.17) is 11.6 Å². The Kier molecular flexibility index (Phi) is 6.67. The van der Waals surface area contributed by atoms with Crippen LogP contribution in [0.15, 0.2) is 54.2 Å². The van der Waals surface area contributed by atoms with Crippen LogP contribution in [0.2, 0.25) is 5.02 Å². The van der Waals surface area contributed by atoms with Gasteiger partial charge >= 0.3 is 0 Å². The predicted octanol–water partition coefficient (Wildman–Crippen LogP) is 5.22. The first-order valence-corrected chi connectivity index (χ1v) is 9.49. The largest absolute Gasteiger partial charge is 0.383 e. The number of nitrogens with one attached hydrogen (secondary N) is 2. The van der Waals surface area contributed by atoms with Crippen molar-refractivity contribution >= 4 is 29.0 Å². The summed E-state index contributed by atoms with van der Waals surface area (Å²) in [7, 11) is 0. The number of rotatable bonds is 7. The summed E-state index contributed by atoms with van der Waals surface area (Å²) in [4.78, 5) is 16.4. The highest BCUT2D eigenvalue weighted by Gasteiger charge is 2.06. The fraction of sp³-hybridized carbons (Fsp3) is 0.333. The third-order valence-electron chi connectivity index (χ3n) is 4.47. The van der Waals surface area contributed by atoms with Crippen molar-refractivity contribution in [1.82, 2.24) is 4.98 Å². The molecular weight excluding hydrogens is 346 g/mol. The van der Waals surface area contributed by atoms with E-state index >= 15 is 0 Å². The normalized spacial score (nSPS) is 13.8. The van der Waals surface area contributed by atoms with E-state index in [1.807, 2.05) is 24.3 Å². The van der Waals surface area contributed by atoms with E-state index in [2.05, 4.69) is 21.7 Å². The molecule has 0 atom stereocenters. The Hall–Kier alpha value is -2.33. The van der Waals surface area contributed by atoms with E-state index in [0.29, 0.717) is 17.3 Å². The van der Waals surface area contributed by atoms with Gasteiger partial charge < -0.3 is 10.6 Å². The molecule has 2 aromatic rings. The maximum Gasteiger partial charge on any atom is 0.229 e. The molecule has 136 valence electrons. The highest BCUT2D eigenvalue weighted by atomic mass is 35.5. The Labute approximate surface area is 159 Å². The van der Waals surface area contributed by atoms with E-state index in [1.165, 1.54) is 25.7 Å². The van der Waals surface area contributed by atoms with Crippen molar-refractivity contribution in [3.05, 3.63) is 64.8 Å². The number of aromatic nitrogens is 1. The molecule has 2 N–H and O–H groups in total. The molecule has 26 heavy (non-hydrogen) atoms. The molecule has 0 spiro atoms. The van der Waals surface area contributed by atoms with Gasteiger partial charge in [0.15, 0.2) is 0 Å². The molecule has 0 aliphatic heterocycles. The third kappa shape index (κ3) is 5.88. The summed E-state index contributed by atoms with van der Waals surface area (Å²) in [6.07, 6.45) is 10.6. The third-order valence-corrected chi connectivity index (χ3v) is 4.72. The van der Waals surface area contributed by atoms with Gasteiger partial charge in [-0.05, 0) is 61.9 Å². The maximum absolute atomic E-state index is 12.1. The minimum Gasteiger partial charge on any atom is -0.383 e. The average Bonchev–Trinajstić information content (AvgIpc) is 2.66. The van der Waals surface area contributed by atoms with Crippen molar-refractivity contribution < 1.29 is 4.79 Å². The summed E-state index contributed by atoms with van der Waals surface area (Å²) in [5.74, 6) is 0.467. The van der Waals surface area contributed by atoms with Crippen LogP contribution in [0.4, 0.5) is 11.5 Å². The highest BCUT2D eigenvalue weighted by molar-refractivity contribution is 6.30. The monoisotopic (exact) mass is 369 g/mol. The molecule has 1 heterocycles. The number of halogens is 1. The predicted molar refractivity (Wildman–Crippen MR) is 108 cm³/mol. The summed E-state index contributed by atoms with van der Waals surface area (Å²) in [5.41, 5.74) is 3.45. The zero-order chi connectivity index (χ0) is 18.2. The van der Waals surface area contributed by atoms with Crippen molar-refractivity contribution in [1.29, 1.82) is 0 Å². The molecule has 0 bridgehead atoms. The van der Waals surface area contributed by atoms with Crippen molar-refractivity contribution in [3.63, 3.8) is 0 Å². The van der Waals surface area contributed by atoms with Gasteiger partial charge in [0.25, 0.3) is 0 Å². The van der Waals surface area contributed by atoms with Crippen LogP contribution >= 0.6 is 11.6 Å². The topological polar surface area (TPSA) is 54.0 Å². The van der Waals surface area contributed by atoms with E-state index in [-0.39, 0.29) is 5.91 Å². The van der Waals surface area contributed by atoms with Crippen molar-refractivity contribution in [2.45, 2.75) is 38.5 Å². The molecule has 1 aromatic heterocycles. The van der Waals surface area contributed by atoms with Crippen LogP contribution in [-0.4, -0.2) is 17.4 Å². The van der Waals surface area contributed by atoms with Gasteiger partial charge in [-0.25, -0.2) is 4.98 Å². The molecule has 0 saturated carbocycles. The van der Waals surface area contributed by atoms with Crippen LogP contribution in [0.3, 0.4) is 0 Å². The number of amides is 1. The molecule has 4 nitrogen and oxygen atoms in total. The van der Waals surface area contributed by atoms with Crippen molar-refractivity contribution in [3.8, 4) is 0 Å². The van der Waals surface area contributed by atoms with Crippen LogP contribution in [0.25, 0.3) is 0 Å². The van der Waals surface area contributed by atoms with E-state index in [0.717, 1.165) is 24.2 Å². The number of pyridine rings is 1. The van der Waals surface area contributed by atoms with Crippen LogP contribution in [-0.2, 0) is 11.2 Å². The first-order chi connectivity index (χ1) is 12.7. The van der Waals surface area contributed by atoms with Crippen LogP contribution in [0.5, 0.6) is 0 Å². The second kappa shape index (κ2) is 9.39. The number of nitrogens with zero attached hydrogens (tertiary/aromatic N) is 1. The quantitative estimate of drug-likeness (QED) is 0.658. The Morgan fingerprint density at radius 1 is 1.12 bits per heavy atom. The first kappa shape index (κ1) is 18.5. The lowest BCUT2D eigenvalue weighted by atomic mass is 9.97. The molecule has 5 heteroatoms. The first-order valence-electron chi connectivity index (χ1n) is 9.11. The molecule has 0 unspecified atom stereocenters. The van der Waals surface area contributed by atoms with Crippen LogP contribution in [0, 0.1) is 0 Å². The summed E-state index contributed by atoms with van der Waals surface area (Å²) < 4.78 is 0. The number of allylic oxidation sites excluding steroid dienone is 1. The summed E-state index contributed by atoms with van der Waals surface area (Å²) in [6, 6.07) is 11.0. The van der Waals surface area contributed by atoms with E-state index in [9.17, 15) is 4.79 Å². The lowest BCUT2D eigenvalue weighted by Crippen LogP contribution is -2.15. The zero-order valence-corrected chi connectivity index (χ0v) is 15.6. The standard InChI is InChI=1S/C21H24ClN3O/c22-18-8-6-17(7-9-18)14-21(26)25-20-11-10-19(15-24-20)23-13-12-16-4-2-1-3-5-16/h4,6-11,15,23H,1-3,5,12-14H2,(H,24,25,26). The molecule has 1 aliphatic carbocycles. The summed E-state index contributed by atoms with van der Waals surface area (Å²) >= 11 is 5.85. The second-order valence-electron chi connectivity index (χ2n) is 6.57. The lowest BCUT2D eigenvalue weighted by Gasteiger charge is -2.13. The SMILES string of the molecule is O=C(Cc1ccc(Cl)cc1)Nc1ccc(NCCC2=CCCCC2)cn1. The zero-order valence-electron chi connectivity index (χ0n) is 14.8. The van der Waals surface area contributed by atoms with Gasteiger partial charge in [0.05, 0.1) is 18.3 Å². The maximum atomic E-state index is 12.1. The van der Waals surface area contributed by atoms with Gasteiger partial charge in [-0.3, -0.25) is 4.79 Å². The average molecular weight is 370 g/mol. The fourth-order valence-corrected chi connectivity index (χ4v) is 3.17. The Morgan fingerprint density at radius 3 is 2.65 bits per heavy atom. The molecule has 3 rings (SSSR count). The molecular formula is C21H24ClN3O. The number of hydrogen-bond donors (Lipinski definition) is 2. The van der Waals surface area contributed by atoms with E-state index < -0.39 is 0 Å². The van der Waals surface area contributed by atoms with Crippen LogP contribution in [0.1, 0.15) is 37.7 Å². The van der Waals surface area contributed by atoms with E-state index in [1.54, 1.807) is 23.9 Å². The van der Waals surface area contributed by atoms with Crippen molar-refractivity contribution in [2.24, 2.45) is 0 Å². The van der Waals surface area contributed by atoms with Gasteiger partial charge in [0, 0.05) is 11.6 Å². The smallest absolute Gasteiger partial charge is 0.229 e. The van der Waals surface area contributed by atoms with Gasteiger partial charge in [-0.1, -0.05) is 35.4 Å². The fourth-order valence-electron chi connectivity index (χ4n) is 3.05. The number of benzene rings is 1. The van der Waals surface area contributed by atoms with Gasteiger partial charge in [-0.2, -0.15) is 0 Å². The molecule has 0 fully saturated rings. The molecule has 0 saturated heterocycles. The summed E-state index contributed by atoms with van der Waals surface area (Å²) in [5, 5.41) is 6.87. The number of hydrogen-bond acceptors (Lipinski definition) is 3. The molecule has 1 amide bonds. The minimum absolute atomic E-state index is 0.0928.